The Morgan fingerprint density at radius 3 is 1.59 bits per heavy atom. The van der Waals surface area contributed by atoms with Gasteiger partial charge in [0.25, 0.3) is 0 Å². The molecule has 2 rings (SSSR count). The van der Waals surface area contributed by atoms with Gasteiger partial charge in [0.2, 0.25) is 5.91 Å². The predicted molar refractivity (Wildman–Crippen MR) is 272 cm³/mol. The van der Waals surface area contributed by atoms with Crippen molar-refractivity contribution in [1.29, 1.82) is 0 Å². The summed E-state index contributed by atoms with van der Waals surface area (Å²) < 4.78 is 22.6. The van der Waals surface area contributed by atoms with Crippen LogP contribution in [-0.2, 0) is 23.7 Å². The fraction of sp³-hybridized carbons (Fsp3) is 0.691. The van der Waals surface area contributed by atoms with Crippen molar-refractivity contribution in [3.63, 3.8) is 0 Å². The van der Waals surface area contributed by atoms with Crippen molar-refractivity contribution < 1.29 is 64.6 Å². The van der Waals surface area contributed by atoms with E-state index >= 15 is 0 Å². The lowest BCUT2D eigenvalue weighted by molar-refractivity contribution is -0.359. The van der Waals surface area contributed by atoms with Gasteiger partial charge >= 0.3 is 0 Å². The van der Waals surface area contributed by atoms with E-state index in [4.69, 9.17) is 18.9 Å². The van der Waals surface area contributed by atoms with Crippen LogP contribution in [0, 0.1) is 0 Å². The molecule has 12 atom stereocenters. The first-order valence-electron chi connectivity index (χ1n) is 26.0. The highest BCUT2D eigenvalue weighted by Gasteiger charge is 2.51. The van der Waals surface area contributed by atoms with Crippen molar-refractivity contribution in [1.82, 2.24) is 5.32 Å². The molecule has 0 aliphatic carbocycles. The Bertz CT molecular complexity index is 1520. The molecule has 394 valence electrons. The van der Waals surface area contributed by atoms with E-state index in [-0.39, 0.29) is 18.9 Å². The van der Waals surface area contributed by atoms with Gasteiger partial charge in [-0.1, -0.05) is 162 Å². The molecule has 0 bridgehead atoms. The molecule has 2 saturated heterocycles. The normalized spacial score (nSPS) is 27.0. The van der Waals surface area contributed by atoms with Crippen LogP contribution in [0.4, 0.5) is 0 Å². The molecule has 12 unspecified atom stereocenters. The van der Waals surface area contributed by atoms with E-state index in [2.05, 4.69) is 104 Å². The molecule has 14 nitrogen and oxygen atoms in total. The number of nitrogens with one attached hydrogen (secondary N) is 1. The van der Waals surface area contributed by atoms with Gasteiger partial charge in [-0.15, -0.1) is 0 Å². The SMILES string of the molecule is CC/C=C\C/C=C\C/C=C\C/C=C\C/C=C\C/C=C\CCCCCCCCCCC(=O)NC(COC1OC(CO)C(OC2OC(CO)C(O)C(O)C2O)C(O)C1O)C(O)/C=C/CC/C=C/CCCC. The van der Waals surface area contributed by atoms with Crippen LogP contribution in [0.2, 0.25) is 0 Å². The summed E-state index contributed by atoms with van der Waals surface area (Å²) in [6.45, 7) is 2.53. The van der Waals surface area contributed by atoms with Gasteiger partial charge in [0, 0.05) is 6.42 Å². The maximum absolute atomic E-state index is 13.1. The summed E-state index contributed by atoms with van der Waals surface area (Å²) in [6, 6.07) is -0.939. The molecule has 14 heteroatoms. The monoisotopic (exact) mass is 974 g/mol. The largest absolute Gasteiger partial charge is 0.394 e. The molecule has 2 fully saturated rings. The average molecular weight is 974 g/mol. The van der Waals surface area contributed by atoms with Crippen molar-refractivity contribution in [3.8, 4) is 0 Å². The second-order valence-corrected chi connectivity index (χ2v) is 17.9. The fourth-order valence-electron chi connectivity index (χ4n) is 7.76. The molecule has 0 radical (unpaired) electrons. The molecular formula is C55H91NO13. The standard InChI is InChI=1S/C55H91NO13/c1-3-5-7-9-11-13-14-15-16-17-18-19-20-21-22-23-24-25-26-27-28-29-30-31-33-35-37-39-47(60)56-43(44(59)38-36-34-32-12-10-8-6-4-2)42-66-54-52(65)50(63)53(46(41-58)68-54)69-55-51(64)49(62)48(61)45(40-57)67-55/h5,7,10-13,15-16,18-19,21-22,24-25,36,38,43-46,48-55,57-59,61-65H,3-4,6,8-9,14,17,20,23,26-35,37,39-42H2,1-2H3,(H,56,60)/b7-5-,12-10+,13-11-,16-15-,19-18-,22-21-,25-24-,38-36+. The van der Waals surface area contributed by atoms with E-state index in [0.717, 1.165) is 96.3 Å². The van der Waals surface area contributed by atoms with Gasteiger partial charge < -0.3 is 65.1 Å². The van der Waals surface area contributed by atoms with E-state index in [0.29, 0.717) is 12.8 Å². The molecule has 0 saturated carbocycles. The molecule has 0 aromatic heterocycles. The van der Waals surface area contributed by atoms with Crippen LogP contribution in [0.5, 0.6) is 0 Å². The molecule has 2 aliphatic rings. The van der Waals surface area contributed by atoms with Crippen molar-refractivity contribution >= 4 is 5.91 Å². The van der Waals surface area contributed by atoms with Crippen molar-refractivity contribution in [2.75, 3.05) is 19.8 Å². The highest BCUT2D eigenvalue weighted by Crippen LogP contribution is 2.30. The summed E-state index contributed by atoms with van der Waals surface area (Å²) in [4.78, 5) is 13.1. The van der Waals surface area contributed by atoms with Gasteiger partial charge in [0.1, 0.15) is 48.8 Å². The fourth-order valence-corrected chi connectivity index (χ4v) is 7.76. The van der Waals surface area contributed by atoms with Gasteiger partial charge in [-0.3, -0.25) is 4.79 Å². The summed E-state index contributed by atoms with van der Waals surface area (Å²) >= 11 is 0. The summed E-state index contributed by atoms with van der Waals surface area (Å²) in [5.74, 6) is -0.268. The van der Waals surface area contributed by atoms with Crippen molar-refractivity contribution in [2.45, 2.75) is 222 Å². The third-order valence-corrected chi connectivity index (χ3v) is 12.0. The Hall–Kier alpha value is -3.09. The lowest BCUT2D eigenvalue weighted by Crippen LogP contribution is -2.65. The quantitative estimate of drug-likeness (QED) is 0.0222. The van der Waals surface area contributed by atoms with Gasteiger partial charge in [-0.05, 0) is 77.0 Å². The number of hydrogen-bond acceptors (Lipinski definition) is 13. The Labute approximate surface area is 413 Å². The average Bonchev–Trinajstić information content (AvgIpc) is 3.35. The number of ether oxygens (including phenoxy) is 4. The molecule has 0 aromatic rings. The number of amides is 1. The number of rotatable bonds is 38. The topological polar surface area (TPSA) is 228 Å². The second-order valence-electron chi connectivity index (χ2n) is 17.9. The summed E-state index contributed by atoms with van der Waals surface area (Å²) in [6.07, 6.45) is 37.6. The lowest BCUT2D eigenvalue weighted by atomic mass is 9.97. The highest BCUT2D eigenvalue weighted by atomic mass is 16.7. The summed E-state index contributed by atoms with van der Waals surface area (Å²) in [5.41, 5.74) is 0. The molecule has 69 heavy (non-hydrogen) atoms. The Balaban J connectivity index is 1.72. The Kier molecular flexibility index (Phi) is 36.4. The van der Waals surface area contributed by atoms with E-state index in [1.807, 2.05) is 6.08 Å². The van der Waals surface area contributed by atoms with Gasteiger partial charge in [0.05, 0.1) is 32.0 Å². The van der Waals surface area contributed by atoms with Gasteiger partial charge in [0.15, 0.2) is 12.6 Å². The number of aliphatic hydroxyl groups is 8. The smallest absolute Gasteiger partial charge is 0.220 e. The van der Waals surface area contributed by atoms with Gasteiger partial charge in [-0.2, -0.15) is 0 Å². The number of carbonyl (C=O) groups excluding carboxylic acids is 1. The highest BCUT2D eigenvalue weighted by molar-refractivity contribution is 5.76. The minimum Gasteiger partial charge on any atom is -0.394 e. The summed E-state index contributed by atoms with van der Waals surface area (Å²) in [7, 11) is 0. The number of aliphatic hydroxyl groups excluding tert-OH is 8. The molecule has 9 N–H and O–H groups in total. The molecule has 2 aliphatic heterocycles. The minimum atomic E-state index is -1.79. The molecule has 0 spiro atoms. The van der Waals surface area contributed by atoms with Crippen LogP contribution in [0.1, 0.15) is 149 Å². The zero-order chi connectivity index (χ0) is 50.3. The first-order chi connectivity index (χ1) is 33.6. The van der Waals surface area contributed by atoms with Crippen LogP contribution >= 0.6 is 0 Å². The minimum absolute atomic E-state index is 0.256. The van der Waals surface area contributed by atoms with E-state index in [9.17, 15) is 45.6 Å². The van der Waals surface area contributed by atoms with E-state index in [1.165, 1.54) is 19.3 Å². The van der Waals surface area contributed by atoms with Crippen LogP contribution < -0.4 is 5.32 Å². The maximum atomic E-state index is 13.1. The Morgan fingerprint density at radius 2 is 1.01 bits per heavy atom. The zero-order valence-electron chi connectivity index (χ0n) is 41.8. The predicted octanol–water partition coefficient (Wildman–Crippen LogP) is 7.15. The second kappa shape index (κ2) is 40.5. The van der Waals surface area contributed by atoms with E-state index < -0.39 is 86.8 Å². The Morgan fingerprint density at radius 1 is 0.536 bits per heavy atom. The first kappa shape index (κ1) is 62.0. The van der Waals surface area contributed by atoms with Crippen LogP contribution in [0.3, 0.4) is 0 Å². The van der Waals surface area contributed by atoms with Crippen LogP contribution in [0.15, 0.2) is 97.2 Å². The van der Waals surface area contributed by atoms with E-state index in [1.54, 1.807) is 6.08 Å². The van der Waals surface area contributed by atoms with Crippen molar-refractivity contribution in [3.05, 3.63) is 97.2 Å². The molecule has 1 amide bonds. The van der Waals surface area contributed by atoms with Gasteiger partial charge in [-0.25, -0.2) is 0 Å². The number of unbranched alkanes of at least 4 members (excludes halogenated alkanes) is 11. The maximum Gasteiger partial charge on any atom is 0.220 e. The van der Waals surface area contributed by atoms with Crippen LogP contribution in [-0.4, -0.2) is 140 Å². The van der Waals surface area contributed by atoms with Crippen molar-refractivity contribution in [2.24, 2.45) is 0 Å². The lowest BCUT2D eigenvalue weighted by Gasteiger charge is -2.46. The number of hydrogen-bond donors (Lipinski definition) is 9. The number of carbonyl (C=O) groups is 1. The zero-order valence-corrected chi connectivity index (χ0v) is 41.8. The third kappa shape index (κ3) is 27.4. The molecule has 0 aromatic carbocycles. The number of allylic oxidation sites excluding steroid dienone is 15. The first-order valence-corrected chi connectivity index (χ1v) is 26.0. The third-order valence-electron chi connectivity index (χ3n) is 12.0. The molecule has 2 heterocycles. The molecular weight excluding hydrogens is 883 g/mol. The summed E-state index contributed by atoms with van der Waals surface area (Å²) in [5, 5.41) is 86.5. The van der Waals surface area contributed by atoms with Crippen LogP contribution in [0.25, 0.3) is 0 Å².